The summed E-state index contributed by atoms with van der Waals surface area (Å²) in [5.41, 5.74) is 5.41. The minimum absolute atomic E-state index is 0.148. The number of benzene rings is 2. The van der Waals surface area contributed by atoms with Crippen LogP contribution in [0, 0.1) is 27.7 Å². The van der Waals surface area contributed by atoms with Crippen LogP contribution >= 0.6 is 22.9 Å². The van der Waals surface area contributed by atoms with E-state index in [0.29, 0.717) is 16.5 Å². The van der Waals surface area contributed by atoms with Gasteiger partial charge in [0.1, 0.15) is 5.00 Å². The van der Waals surface area contributed by atoms with Crippen molar-refractivity contribution in [1.29, 1.82) is 0 Å². The third-order valence-electron chi connectivity index (χ3n) is 5.42. The Morgan fingerprint density at radius 2 is 1.64 bits per heavy atom. The Bertz CT molecular complexity index is 1280. The first-order valence-corrected chi connectivity index (χ1v) is 11.8. The molecule has 1 atom stereocenters. The highest BCUT2D eigenvalue weighted by atomic mass is 35.5. The molecule has 0 saturated heterocycles. The number of aromatic nitrogens is 2. The summed E-state index contributed by atoms with van der Waals surface area (Å²) < 4.78 is 0. The molecule has 5 nitrogen and oxygen atoms in total. The molecule has 0 radical (unpaired) electrons. The lowest BCUT2D eigenvalue weighted by Crippen LogP contribution is -2.19. The summed E-state index contributed by atoms with van der Waals surface area (Å²) in [6, 6.07) is 18.6. The van der Waals surface area contributed by atoms with Crippen LogP contribution in [0.4, 0.5) is 10.9 Å². The molecule has 1 amide bonds. The largest absolute Gasteiger partial charge is 0.343 e. The summed E-state index contributed by atoms with van der Waals surface area (Å²) in [5, 5.41) is 8.06. The van der Waals surface area contributed by atoms with Crippen molar-refractivity contribution in [3.8, 4) is 0 Å². The number of nitrogens with one attached hydrogen (secondary N) is 2. The number of nitrogens with zero attached hydrogens (tertiary/aromatic N) is 2. The molecule has 4 aromatic rings. The highest BCUT2D eigenvalue weighted by Crippen LogP contribution is 2.41. The number of carbonyl (C=O) groups is 1. The van der Waals surface area contributed by atoms with Gasteiger partial charge in [0.15, 0.2) is 0 Å². The van der Waals surface area contributed by atoms with E-state index in [1.807, 2.05) is 62.4 Å². The van der Waals surface area contributed by atoms with E-state index in [4.69, 9.17) is 11.6 Å². The van der Waals surface area contributed by atoms with Crippen molar-refractivity contribution in [3.63, 3.8) is 0 Å². The highest BCUT2D eigenvalue weighted by molar-refractivity contribution is 7.16. The number of hydrogen-bond acceptors (Lipinski definition) is 5. The van der Waals surface area contributed by atoms with Crippen LogP contribution < -0.4 is 10.6 Å². The van der Waals surface area contributed by atoms with E-state index in [-0.39, 0.29) is 11.9 Å². The van der Waals surface area contributed by atoms with E-state index in [9.17, 15) is 4.79 Å². The second-order valence-electron chi connectivity index (χ2n) is 7.95. The van der Waals surface area contributed by atoms with Gasteiger partial charge in [-0.05, 0) is 69.2 Å². The van der Waals surface area contributed by atoms with Crippen LogP contribution in [-0.4, -0.2) is 15.9 Å². The summed E-state index contributed by atoms with van der Waals surface area (Å²) >= 11 is 7.92. The molecule has 0 unspecified atom stereocenters. The summed E-state index contributed by atoms with van der Waals surface area (Å²) in [7, 11) is 0. The van der Waals surface area contributed by atoms with Gasteiger partial charge in [-0.1, -0.05) is 41.9 Å². The molecule has 2 aromatic heterocycles. The molecule has 0 saturated carbocycles. The zero-order valence-corrected chi connectivity index (χ0v) is 20.5. The van der Waals surface area contributed by atoms with Gasteiger partial charge in [0.2, 0.25) is 5.95 Å². The zero-order valence-electron chi connectivity index (χ0n) is 18.9. The Morgan fingerprint density at radius 1 is 0.939 bits per heavy atom. The van der Waals surface area contributed by atoms with Gasteiger partial charge in [-0.15, -0.1) is 11.3 Å². The first-order chi connectivity index (χ1) is 15.8. The fourth-order valence-electron chi connectivity index (χ4n) is 3.78. The molecule has 0 fully saturated rings. The van der Waals surface area contributed by atoms with Gasteiger partial charge in [-0.3, -0.25) is 4.79 Å². The molecule has 0 aliphatic carbocycles. The van der Waals surface area contributed by atoms with Crippen LogP contribution in [0.25, 0.3) is 0 Å². The summed E-state index contributed by atoms with van der Waals surface area (Å²) in [6.45, 7) is 8.02. The number of aryl methyl sites for hydroxylation is 3. The zero-order chi connectivity index (χ0) is 23.5. The van der Waals surface area contributed by atoms with Crippen LogP contribution in [0.5, 0.6) is 0 Å². The van der Waals surface area contributed by atoms with E-state index < -0.39 is 0 Å². The number of amides is 1. The smallest absolute Gasteiger partial charge is 0.256 e. The molecule has 2 N–H and O–H groups in total. The molecule has 168 valence electrons. The lowest BCUT2D eigenvalue weighted by Gasteiger charge is -2.22. The number of thiophene rings is 1. The number of hydrogen-bond donors (Lipinski definition) is 2. The monoisotopic (exact) mass is 476 g/mol. The second-order valence-corrected chi connectivity index (χ2v) is 9.61. The van der Waals surface area contributed by atoms with Gasteiger partial charge in [0, 0.05) is 32.4 Å². The maximum absolute atomic E-state index is 13.0. The maximum Gasteiger partial charge on any atom is 0.256 e. The maximum atomic E-state index is 13.0. The van der Waals surface area contributed by atoms with Crippen LogP contribution in [-0.2, 0) is 0 Å². The van der Waals surface area contributed by atoms with Crippen molar-refractivity contribution in [3.05, 3.63) is 104 Å². The van der Waals surface area contributed by atoms with Gasteiger partial charge < -0.3 is 10.6 Å². The second kappa shape index (κ2) is 9.73. The van der Waals surface area contributed by atoms with E-state index in [2.05, 4.69) is 34.4 Å². The lowest BCUT2D eigenvalue weighted by molar-refractivity contribution is 0.102. The van der Waals surface area contributed by atoms with Gasteiger partial charge in [-0.2, -0.15) is 0 Å². The minimum atomic E-state index is -0.305. The molecule has 2 heterocycles. The summed E-state index contributed by atoms with van der Waals surface area (Å²) in [4.78, 5) is 23.3. The molecule has 0 spiro atoms. The molecule has 4 rings (SSSR count). The predicted octanol–water partition coefficient (Wildman–Crippen LogP) is 6.88. The first kappa shape index (κ1) is 23.0. The van der Waals surface area contributed by atoms with E-state index in [1.165, 1.54) is 0 Å². The molecule has 7 heteroatoms. The van der Waals surface area contributed by atoms with Crippen LogP contribution in [0.2, 0.25) is 5.02 Å². The van der Waals surface area contributed by atoms with Crippen LogP contribution in [0.1, 0.15) is 49.4 Å². The van der Waals surface area contributed by atoms with E-state index in [0.717, 1.165) is 38.0 Å². The standard InChI is InChI=1S/C26H25ClN4OS/c1-15-13-16(2)29-26(28-15)30-23(20-11-8-12-21(27)14-20)22-17(3)18(4)33-25(22)31-24(32)19-9-6-5-7-10-19/h5-14,23H,1-4H3,(H,31,32)(H,28,29,30)/t23-/m0/s1. The Kier molecular flexibility index (Phi) is 6.77. The Morgan fingerprint density at radius 3 is 2.30 bits per heavy atom. The van der Waals surface area contributed by atoms with Gasteiger partial charge >= 0.3 is 0 Å². The Balaban J connectivity index is 1.80. The summed E-state index contributed by atoms with van der Waals surface area (Å²) in [5.74, 6) is 0.381. The highest BCUT2D eigenvalue weighted by Gasteiger charge is 2.26. The molecule has 0 bridgehead atoms. The molecular formula is C26H25ClN4OS. The average molecular weight is 477 g/mol. The van der Waals surface area contributed by atoms with Gasteiger partial charge in [0.25, 0.3) is 5.91 Å². The normalized spacial score (nSPS) is 11.8. The van der Waals surface area contributed by atoms with Crippen molar-refractivity contribution in [2.75, 3.05) is 10.6 Å². The van der Waals surface area contributed by atoms with Gasteiger partial charge in [0.05, 0.1) is 6.04 Å². The lowest BCUT2D eigenvalue weighted by atomic mass is 9.96. The molecule has 0 aliphatic heterocycles. The molecule has 0 aliphatic rings. The fraction of sp³-hybridized carbons (Fsp3) is 0.192. The molecular weight excluding hydrogens is 452 g/mol. The van der Waals surface area contributed by atoms with Crippen molar-refractivity contribution in [2.45, 2.75) is 33.7 Å². The molecule has 2 aromatic carbocycles. The quantitative estimate of drug-likeness (QED) is 0.318. The first-order valence-electron chi connectivity index (χ1n) is 10.6. The van der Waals surface area contributed by atoms with E-state index in [1.54, 1.807) is 23.5 Å². The Labute approximate surface area is 202 Å². The predicted molar refractivity (Wildman–Crippen MR) is 137 cm³/mol. The van der Waals surface area contributed by atoms with Gasteiger partial charge in [-0.25, -0.2) is 9.97 Å². The van der Waals surface area contributed by atoms with Crippen LogP contribution in [0.15, 0.2) is 60.7 Å². The number of halogens is 1. The number of carbonyl (C=O) groups excluding carboxylic acids is 1. The third-order valence-corrected chi connectivity index (χ3v) is 6.79. The Hall–Kier alpha value is -3.22. The third kappa shape index (κ3) is 5.24. The van der Waals surface area contributed by atoms with Crippen molar-refractivity contribution >= 4 is 39.8 Å². The SMILES string of the molecule is Cc1cc(C)nc(N[C@@H](c2cccc(Cl)c2)c2c(NC(=O)c3ccccc3)sc(C)c2C)n1. The average Bonchev–Trinajstić information content (AvgIpc) is 3.05. The van der Waals surface area contributed by atoms with Crippen molar-refractivity contribution in [1.82, 2.24) is 9.97 Å². The number of anilines is 2. The number of rotatable bonds is 6. The topological polar surface area (TPSA) is 66.9 Å². The summed E-state index contributed by atoms with van der Waals surface area (Å²) in [6.07, 6.45) is 0. The van der Waals surface area contributed by atoms with Crippen molar-refractivity contribution < 1.29 is 4.79 Å². The van der Waals surface area contributed by atoms with E-state index >= 15 is 0 Å². The van der Waals surface area contributed by atoms with Crippen LogP contribution in [0.3, 0.4) is 0 Å². The van der Waals surface area contributed by atoms with Crippen molar-refractivity contribution in [2.24, 2.45) is 0 Å². The minimum Gasteiger partial charge on any atom is -0.343 e. The fourth-order valence-corrected chi connectivity index (χ4v) is 5.07. The molecule has 33 heavy (non-hydrogen) atoms.